The zero-order valence-corrected chi connectivity index (χ0v) is 11.6. The number of anilines is 1. The summed E-state index contributed by atoms with van der Waals surface area (Å²) < 4.78 is 12.8. The summed E-state index contributed by atoms with van der Waals surface area (Å²) in [5, 5.41) is 2.74. The molecular formula is C15H16FN3O. The maximum Gasteiger partial charge on any atom is 0.230 e. The van der Waals surface area contributed by atoms with Crippen LogP contribution in [0.1, 0.15) is 20.8 Å². The Morgan fingerprint density at radius 2 is 1.85 bits per heavy atom. The Balaban J connectivity index is 2.14. The molecule has 0 radical (unpaired) electrons. The standard InChI is InChI=1S/C15H16FN3O/c1-15(2,3)14(20)19-13-7-4-10(8-18-13)12-6-5-11(16)9-17-12/h4-9H,1-3H3,(H,18,19,20). The quantitative estimate of drug-likeness (QED) is 0.913. The molecule has 104 valence electrons. The first-order valence-electron chi connectivity index (χ1n) is 6.26. The van der Waals surface area contributed by atoms with Crippen molar-refractivity contribution >= 4 is 11.7 Å². The summed E-state index contributed by atoms with van der Waals surface area (Å²) in [7, 11) is 0. The molecule has 4 nitrogen and oxygen atoms in total. The molecule has 1 amide bonds. The normalized spacial score (nSPS) is 11.2. The second-order valence-electron chi connectivity index (χ2n) is 5.50. The lowest BCUT2D eigenvalue weighted by atomic mass is 9.96. The van der Waals surface area contributed by atoms with E-state index in [9.17, 15) is 9.18 Å². The van der Waals surface area contributed by atoms with Crippen LogP contribution < -0.4 is 5.32 Å². The summed E-state index contributed by atoms with van der Waals surface area (Å²) in [4.78, 5) is 20.0. The molecule has 0 saturated carbocycles. The van der Waals surface area contributed by atoms with Crippen LogP contribution in [0.25, 0.3) is 11.3 Å². The Labute approximate surface area is 117 Å². The van der Waals surface area contributed by atoms with Crippen LogP contribution in [0.5, 0.6) is 0 Å². The van der Waals surface area contributed by atoms with E-state index in [0.717, 1.165) is 11.8 Å². The molecule has 0 unspecified atom stereocenters. The number of rotatable bonds is 2. The molecule has 0 saturated heterocycles. The van der Waals surface area contributed by atoms with Crippen molar-refractivity contribution in [3.8, 4) is 11.3 Å². The summed E-state index contributed by atoms with van der Waals surface area (Å²) in [5.41, 5.74) is 0.921. The van der Waals surface area contributed by atoms with Crippen LogP contribution in [0.3, 0.4) is 0 Å². The molecule has 0 fully saturated rings. The molecule has 0 spiro atoms. The van der Waals surface area contributed by atoms with Gasteiger partial charge in [-0.3, -0.25) is 9.78 Å². The van der Waals surface area contributed by atoms with Crippen LogP contribution in [-0.2, 0) is 4.79 Å². The highest BCUT2D eigenvalue weighted by Gasteiger charge is 2.21. The van der Waals surface area contributed by atoms with Crippen LogP contribution >= 0.6 is 0 Å². The first-order valence-corrected chi connectivity index (χ1v) is 6.26. The largest absolute Gasteiger partial charge is 0.310 e. The smallest absolute Gasteiger partial charge is 0.230 e. The first-order chi connectivity index (χ1) is 9.36. The van der Waals surface area contributed by atoms with Crippen molar-refractivity contribution in [2.24, 2.45) is 5.41 Å². The second-order valence-corrected chi connectivity index (χ2v) is 5.50. The number of hydrogen-bond acceptors (Lipinski definition) is 3. The van der Waals surface area contributed by atoms with Gasteiger partial charge in [-0.15, -0.1) is 0 Å². The fourth-order valence-electron chi connectivity index (χ4n) is 1.47. The second kappa shape index (κ2) is 5.36. The Hall–Kier alpha value is -2.30. The van der Waals surface area contributed by atoms with E-state index in [1.54, 1.807) is 24.4 Å². The van der Waals surface area contributed by atoms with Gasteiger partial charge in [0.05, 0.1) is 11.9 Å². The third kappa shape index (κ3) is 3.38. The molecule has 2 aromatic rings. The van der Waals surface area contributed by atoms with E-state index in [4.69, 9.17) is 0 Å². The van der Waals surface area contributed by atoms with Gasteiger partial charge in [-0.05, 0) is 24.3 Å². The summed E-state index contributed by atoms with van der Waals surface area (Å²) in [6.45, 7) is 5.50. The number of carbonyl (C=O) groups excluding carboxylic acids is 1. The van der Waals surface area contributed by atoms with E-state index < -0.39 is 5.41 Å². The Morgan fingerprint density at radius 1 is 1.10 bits per heavy atom. The predicted molar refractivity (Wildman–Crippen MR) is 75.5 cm³/mol. The van der Waals surface area contributed by atoms with Crippen molar-refractivity contribution in [1.29, 1.82) is 0 Å². The molecule has 0 bridgehead atoms. The minimum Gasteiger partial charge on any atom is -0.310 e. The van der Waals surface area contributed by atoms with Crippen molar-refractivity contribution < 1.29 is 9.18 Å². The lowest BCUT2D eigenvalue weighted by Gasteiger charge is -2.17. The zero-order chi connectivity index (χ0) is 14.8. The van der Waals surface area contributed by atoms with Gasteiger partial charge in [0, 0.05) is 17.2 Å². The predicted octanol–water partition coefficient (Wildman–Crippen LogP) is 3.27. The van der Waals surface area contributed by atoms with E-state index in [1.165, 1.54) is 6.07 Å². The fourth-order valence-corrected chi connectivity index (χ4v) is 1.47. The van der Waals surface area contributed by atoms with Crippen LogP contribution in [0, 0.1) is 11.2 Å². The van der Waals surface area contributed by atoms with Crippen LogP contribution in [0.2, 0.25) is 0 Å². The highest BCUT2D eigenvalue weighted by molar-refractivity contribution is 5.93. The maximum atomic E-state index is 12.8. The molecular weight excluding hydrogens is 257 g/mol. The van der Waals surface area contributed by atoms with E-state index in [1.807, 2.05) is 20.8 Å². The molecule has 5 heteroatoms. The highest BCUT2D eigenvalue weighted by atomic mass is 19.1. The van der Waals surface area contributed by atoms with Crippen molar-refractivity contribution in [3.05, 3.63) is 42.5 Å². The molecule has 0 atom stereocenters. The molecule has 1 N–H and O–H groups in total. The van der Waals surface area contributed by atoms with Crippen molar-refractivity contribution in [3.63, 3.8) is 0 Å². The molecule has 2 rings (SSSR count). The lowest BCUT2D eigenvalue weighted by molar-refractivity contribution is -0.123. The fraction of sp³-hybridized carbons (Fsp3) is 0.267. The van der Waals surface area contributed by atoms with Gasteiger partial charge in [-0.25, -0.2) is 9.37 Å². The van der Waals surface area contributed by atoms with Crippen molar-refractivity contribution in [1.82, 2.24) is 9.97 Å². The third-order valence-electron chi connectivity index (χ3n) is 2.71. The lowest BCUT2D eigenvalue weighted by Crippen LogP contribution is -2.27. The van der Waals surface area contributed by atoms with Crippen molar-refractivity contribution in [2.75, 3.05) is 5.32 Å². The van der Waals surface area contributed by atoms with E-state index in [-0.39, 0.29) is 11.7 Å². The number of nitrogens with one attached hydrogen (secondary N) is 1. The van der Waals surface area contributed by atoms with Gasteiger partial charge in [-0.1, -0.05) is 20.8 Å². The monoisotopic (exact) mass is 273 g/mol. The molecule has 0 aliphatic carbocycles. The van der Waals surface area contributed by atoms with E-state index >= 15 is 0 Å². The summed E-state index contributed by atoms with van der Waals surface area (Å²) in [5.74, 6) is 0.00390. The van der Waals surface area contributed by atoms with Crippen molar-refractivity contribution in [2.45, 2.75) is 20.8 Å². The molecule has 2 heterocycles. The van der Waals surface area contributed by atoms with Crippen LogP contribution in [-0.4, -0.2) is 15.9 Å². The van der Waals surface area contributed by atoms with Gasteiger partial charge in [-0.2, -0.15) is 0 Å². The Kier molecular flexibility index (Phi) is 3.79. The average molecular weight is 273 g/mol. The number of halogens is 1. The zero-order valence-electron chi connectivity index (χ0n) is 11.6. The first kappa shape index (κ1) is 14.1. The minimum atomic E-state index is -0.473. The SMILES string of the molecule is CC(C)(C)C(=O)Nc1ccc(-c2ccc(F)cn2)cn1. The molecule has 20 heavy (non-hydrogen) atoms. The average Bonchev–Trinajstić information content (AvgIpc) is 2.39. The third-order valence-corrected chi connectivity index (χ3v) is 2.71. The molecule has 0 aliphatic rings. The molecule has 2 aromatic heterocycles. The van der Waals surface area contributed by atoms with Crippen LogP contribution in [0.4, 0.5) is 10.2 Å². The van der Waals surface area contributed by atoms with Crippen LogP contribution in [0.15, 0.2) is 36.7 Å². The molecule has 0 aliphatic heterocycles. The van der Waals surface area contributed by atoms with Gasteiger partial charge in [0.2, 0.25) is 5.91 Å². The van der Waals surface area contributed by atoms with Gasteiger partial charge >= 0.3 is 0 Å². The number of aromatic nitrogens is 2. The number of nitrogens with zero attached hydrogens (tertiary/aromatic N) is 2. The van der Waals surface area contributed by atoms with E-state index in [2.05, 4.69) is 15.3 Å². The number of amides is 1. The van der Waals surface area contributed by atoms with Gasteiger partial charge < -0.3 is 5.32 Å². The topological polar surface area (TPSA) is 54.9 Å². The number of carbonyl (C=O) groups is 1. The highest BCUT2D eigenvalue weighted by Crippen LogP contribution is 2.19. The van der Waals surface area contributed by atoms with E-state index in [0.29, 0.717) is 11.5 Å². The molecule has 0 aromatic carbocycles. The summed E-state index contributed by atoms with van der Waals surface area (Å²) in [6, 6.07) is 6.41. The Morgan fingerprint density at radius 3 is 2.35 bits per heavy atom. The van der Waals surface area contributed by atoms with Gasteiger partial charge in [0.25, 0.3) is 0 Å². The number of hydrogen-bond donors (Lipinski definition) is 1. The Bertz CT molecular complexity index is 601. The summed E-state index contributed by atoms with van der Waals surface area (Å²) >= 11 is 0. The number of pyridine rings is 2. The van der Waals surface area contributed by atoms with Gasteiger partial charge in [0.15, 0.2) is 0 Å². The van der Waals surface area contributed by atoms with Gasteiger partial charge in [0.1, 0.15) is 11.6 Å². The maximum absolute atomic E-state index is 12.8. The summed E-state index contributed by atoms with van der Waals surface area (Å²) in [6.07, 6.45) is 2.75. The minimum absolute atomic E-state index is 0.0994.